The molecular formula is C13H16N4OS. The van der Waals surface area contributed by atoms with Gasteiger partial charge in [-0.2, -0.15) is 0 Å². The maximum absolute atomic E-state index is 11.7. The first-order chi connectivity index (χ1) is 9.15. The SMILES string of the molecule is CC(N)c1cccc(NC(=O)NCc2cncs2)c1. The van der Waals surface area contributed by atoms with Gasteiger partial charge in [-0.3, -0.25) is 4.98 Å². The smallest absolute Gasteiger partial charge is 0.319 e. The molecule has 0 aliphatic rings. The predicted octanol–water partition coefficient (Wildman–Crippen LogP) is 2.48. The number of benzene rings is 1. The highest BCUT2D eigenvalue weighted by molar-refractivity contribution is 7.09. The van der Waals surface area contributed by atoms with Gasteiger partial charge in [0, 0.05) is 22.8 Å². The van der Waals surface area contributed by atoms with E-state index in [2.05, 4.69) is 15.6 Å². The number of nitrogens with one attached hydrogen (secondary N) is 2. The molecule has 6 heteroatoms. The van der Waals surface area contributed by atoms with Gasteiger partial charge in [0.2, 0.25) is 0 Å². The number of hydrogen-bond acceptors (Lipinski definition) is 4. The summed E-state index contributed by atoms with van der Waals surface area (Å²) >= 11 is 1.51. The summed E-state index contributed by atoms with van der Waals surface area (Å²) in [5.41, 5.74) is 9.26. The van der Waals surface area contributed by atoms with E-state index in [1.54, 1.807) is 11.7 Å². The third-order valence-corrected chi connectivity index (χ3v) is 3.36. The minimum Gasteiger partial charge on any atom is -0.333 e. The summed E-state index contributed by atoms with van der Waals surface area (Å²) in [6, 6.07) is 7.22. The van der Waals surface area contributed by atoms with Crippen molar-refractivity contribution in [2.75, 3.05) is 5.32 Å². The number of aromatic nitrogens is 1. The Labute approximate surface area is 115 Å². The minimum atomic E-state index is -0.241. The Bertz CT molecular complexity index is 539. The second-order valence-corrected chi connectivity index (χ2v) is 5.16. The lowest BCUT2D eigenvalue weighted by Gasteiger charge is -2.10. The zero-order valence-corrected chi connectivity index (χ0v) is 11.4. The lowest BCUT2D eigenvalue weighted by atomic mass is 10.1. The van der Waals surface area contributed by atoms with E-state index in [9.17, 15) is 4.79 Å². The van der Waals surface area contributed by atoms with Gasteiger partial charge >= 0.3 is 6.03 Å². The first-order valence-corrected chi connectivity index (χ1v) is 6.81. The van der Waals surface area contributed by atoms with E-state index < -0.39 is 0 Å². The lowest BCUT2D eigenvalue weighted by Crippen LogP contribution is -2.27. The molecular weight excluding hydrogens is 260 g/mol. The molecule has 0 bridgehead atoms. The van der Waals surface area contributed by atoms with Crippen molar-refractivity contribution in [3.63, 3.8) is 0 Å². The van der Waals surface area contributed by atoms with Crippen LogP contribution in [0.2, 0.25) is 0 Å². The van der Waals surface area contributed by atoms with Crippen LogP contribution in [0.15, 0.2) is 36.0 Å². The zero-order chi connectivity index (χ0) is 13.7. The van der Waals surface area contributed by atoms with Crippen LogP contribution in [0.3, 0.4) is 0 Å². The Morgan fingerprint density at radius 3 is 3.05 bits per heavy atom. The molecule has 0 fully saturated rings. The molecule has 1 aromatic heterocycles. The molecule has 0 saturated heterocycles. The fourth-order valence-electron chi connectivity index (χ4n) is 1.57. The molecule has 1 heterocycles. The van der Waals surface area contributed by atoms with E-state index in [1.165, 1.54) is 11.3 Å². The summed E-state index contributed by atoms with van der Waals surface area (Å²) in [6.07, 6.45) is 1.74. The number of nitrogens with two attached hydrogens (primary N) is 1. The van der Waals surface area contributed by atoms with Gasteiger partial charge in [-0.25, -0.2) is 4.79 Å². The molecule has 0 radical (unpaired) electrons. The van der Waals surface area contributed by atoms with Crippen LogP contribution < -0.4 is 16.4 Å². The zero-order valence-electron chi connectivity index (χ0n) is 10.6. The predicted molar refractivity (Wildman–Crippen MR) is 77.0 cm³/mol. The Morgan fingerprint density at radius 1 is 1.53 bits per heavy atom. The standard InChI is InChI=1S/C13H16N4OS/c1-9(14)10-3-2-4-11(5-10)17-13(18)16-7-12-6-15-8-19-12/h2-6,8-9H,7,14H2,1H3,(H2,16,17,18). The van der Waals surface area contributed by atoms with E-state index in [1.807, 2.05) is 31.2 Å². The molecule has 0 saturated carbocycles. The average molecular weight is 276 g/mol. The van der Waals surface area contributed by atoms with Crippen molar-refractivity contribution in [2.24, 2.45) is 5.73 Å². The van der Waals surface area contributed by atoms with Crippen LogP contribution in [0.25, 0.3) is 0 Å². The molecule has 2 rings (SSSR count). The van der Waals surface area contributed by atoms with Gasteiger partial charge in [0.25, 0.3) is 0 Å². The quantitative estimate of drug-likeness (QED) is 0.802. The molecule has 1 atom stereocenters. The number of rotatable bonds is 4. The fraction of sp³-hybridized carbons (Fsp3) is 0.231. The summed E-state index contributed by atoms with van der Waals surface area (Å²) < 4.78 is 0. The van der Waals surface area contributed by atoms with Crippen molar-refractivity contribution in [3.05, 3.63) is 46.4 Å². The number of nitrogens with zero attached hydrogens (tertiary/aromatic N) is 1. The van der Waals surface area contributed by atoms with Crippen LogP contribution in [-0.2, 0) is 6.54 Å². The number of amides is 2. The maximum atomic E-state index is 11.7. The molecule has 19 heavy (non-hydrogen) atoms. The highest BCUT2D eigenvalue weighted by Gasteiger charge is 2.04. The van der Waals surface area contributed by atoms with E-state index >= 15 is 0 Å². The number of urea groups is 1. The van der Waals surface area contributed by atoms with E-state index in [4.69, 9.17) is 5.73 Å². The third kappa shape index (κ3) is 4.04. The minimum absolute atomic E-state index is 0.0537. The summed E-state index contributed by atoms with van der Waals surface area (Å²) in [4.78, 5) is 16.7. The monoisotopic (exact) mass is 276 g/mol. The van der Waals surface area contributed by atoms with Gasteiger partial charge in [-0.1, -0.05) is 12.1 Å². The fourth-order valence-corrected chi connectivity index (χ4v) is 2.11. The Morgan fingerprint density at radius 2 is 2.37 bits per heavy atom. The first-order valence-electron chi connectivity index (χ1n) is 5.93. The van der Waals surface area contributed by atoms with Gasteiger partial charge < -0.3 is 16.4 Å². The van der Waals surface area contributed by atoms with Gasteiger partial charge in [0.15, 0.2) is 0 Å². The Hall–Kier alpha value is -1.92. The molecule has 2 amide bonds. The van der Waals surface area contributed by atoms with Gasteiger partial charge in [0.05, 0.1) is 12.1 Å². The van der Waals surface area contributed by atoms with Crippen LogP contribution in [0.4, 0.5) is 10.5 Å². The molecule has 0 aliphatic heterocycles. The highest BCUT2D eigenvalue weighted by Crippen LogP contribution is 2.15. The van der Waals surface area contributed by atoms with Gasteiger partial charge in [0.1, 0.15) is 0 Å². The van der Waals surface area contributed by atoms with Crippen LogP contribution >= 0.6 is 11.3 Å². The largest absolute Gasteiger partial charge is 0.333 e. The maximum Gasteiger partial charge on any atom is 0.319 e. The van der Waals surface area contributed by atoms with Crippen molar-refractivity contribution in [3.8, 4) is 0 Å². The third-order valence-electron chi connectivity index (χ3n) is 2.58. The van der Waals surface area contributed by atoms with Crippen LogP contribution in [0.5, 0.6) is 0 Å². The average Bonchev–Trinajstić information content (AvgIpc) is 2.90. The summed E-state index contributed by atoms with van der Waals surface area (Å²) in [7, 11) is 0. The molecule has 0 aliphatic carbocycles. The number of thiazole rings is 1. The van der Waals surface area contributed by atoms with Crippen molar-refractivity contribution < 1.29 is 4.79 Å². The van der Waals surface area contributed by atoms with Gasteiger partial charge in [-0.15, -0.1) is 11.3 Å². The van der Waals surface area contributed by atoms with Crippen molar-refractivity contribution >= 4 is 23.1 Å². The van der Waals surface area contributed by atoms with Crippen LogP contribution in [-0.4, -0.2) is 11.0 Å². The number of hydrogen-bond donors (Lipinski definition) is 3. The van der Waals surface area contributed by atoms with Crippen molar-refractivity contribution in [1.82, 2.24) is 10.3 Å². The normalized spacial score (nSPS) is 11.9. The topological polar surface area (TPSA) is 80.0 Å². The molecule has 0 spiro atoms. The molecule has 100 valence electrons. The van der Waals surface area contributed by atoms with Crippen molar-refractivity contribution in [2.45, 2.75) is 19.5 Å². The summed E-state index contributed by atoms with van der Waals surface area (Å²) in [5.74, 6) is 0. The van der Waals surface area contributed by atoms with E-state index in [-0.39, 0.29) is 12.1 Å². The number of carbonyl (C=O) groups excluding carboxylic acids is 1. The lowest BCUT2D eigenvalue weighted by molar-refractivity contribution is 0.252. The van der Waals surface area contributed by atoms with Crippen LogP contribution in [0, 0.1) is 0 Å². The number of carbonyl (C=O) groups is 1. The number of anilines is 1. The Balaban J connectivity index is 1.89. The van der Waals surface area contributed by atoms with Crippen LogP contribution in [0.1, 0.15) is 23.4 Å². The molecule has 4 N–H and O–H groups in total. The highest BCUT2D eigenvalue weighted by atomic mass is 32.1. The molecule has 1 unspecified atom stereocenters. The molecule has 1 aromatic carbocycles. The second kappa shape index (κ2) is 6.31. The molecule has 5 nitrogen and oxygen atoms in total. The summed E-state index contributed by atoms with van der Waals surface area (Å²) in [6.45, 7) is 2.38. The second-order valence-electron chi connectivity index (χ2n) is 4.19. The van der Waals surface area contributed by atoms with E-state index in [0.29, 0.717) is 6.54 Å². The van der Waals surface area contributed by atoms with E-state index in [0.717, 1.165) is 16.1 Å². The van der Waals surface area contributed by atoms with Crippen molar-refractivity contribution in [1.29, 1.82) is 0 Å². The first kappa shape index (κ1) is 13.5. The molecule has 2 aromatic rings. The summed E-state index contributed by atoms with van der Waals surface area (Å²) in [5, 5.41) is 5.55. The Kier molecular flexibility index (Phi) is 4.48. The van der Waals surface area contributed by atoms with Gasteiger partial charge in [-0.05, 0) is 24.6 Å².